The lowest BCUT2D eigenvalue weighted by molar-refractivity contribution is -0.236. The lowest BCUT2D eigenvalue weighted by Gasteiger charge is -2.47. The summed E-state index contributed by atoms with van der Waals surface area (Å²) in [7, 11) is 0. The fourth-order valence-electron chi connectivity index (χ4n) is 5.54. The molecule has 3 aliphatic rings. The number of nitrogens with zero attached hydrogens (tertiary/aromatic N) is 2. The van der Waals surface area contributed by atoms with Crippen LogP contribution in [0.15, 0.2) is 35.7 Å². The molecule has 3 fully saturated rings. The number of allylic oxidation sites excluding steroid dienone is 4. The SMILES string of the molecule is C=C(C1CCCCC1(C)C(=O)NC1(CC)CC1)N1CCN(/C(C)=C/C=C(\C)C(C)(O)C(F)(F)F)CC1.CCC. The van der Waals surface area contributed by atoms with E-state index in [1.54, 1.807) is 6.08 Å². The number of hydrogen-bond donors (Lipinski definition) is 2. The van der Waals surface area contributed by atoms with Crippen LogP contribution in [0.25, 0.3) is 0 Å². The number of alkyl halides is 3. The molecule has 0 bridgehead atoms. The van der Waals surface area contributed by atoms with Crippen LogP contribution in [0.2, 0.25) is 0 Å². The first kappa shape index (κ1) is 33.2. The second kappa shape index (κ2) is 13.1. The summed E-state index contributed by atoms with van der Waals surface area (Å²) in [5, 5.41) is 13.2. The molecule has 2 aliphatic carbocycles. The van der Waals surface area contributed by atoms with Gasteiger partial charge in [0.15, 0.2) is 5.60 Å². The zero-order chi connectivity index (χ0) is 29.6. The second-order valence-corrected chi connectivity index (χ2v) is 12.2. The Bertz CT molecular complexity index is 913. The summed E-state index contributed by atoms with van der Waals surface area (Å²) in [6.07, 6.45) is 6.61. The van der Waals surface area contributed by atoms with Crippen LogP contribution in [0, 0.1) is 11.3 Å². The normalized spacial score (nSPS) is 27.2. The topological polar surface area (TPSA) is 55.8 Å². The minimum Gasteiger partial charge on any atom is -0.377 e. The highest BCUT2D eigenvalue weighted by Gasteiger charge is 2.51. The third kappa shape index (κ3) is 7.83. The summed E-state index contributed by atoms with van der Waals surface area (Å²) in [6.45, 7) is 19.8. The van der Waals surface area contributed by atoms with E-state index in [1.165, 1.54) is 19.4 Å². The Labute approximate surface area is 234 Å². The van der Waals surface area contributed by atoms with Crippen molar-refractivity contribution in [1.29, 1.82) is 0 Å². The van der Waals surface area contributed by atoms with Crippen LogP contribution in [0.3, 0.4) is 0 Å². The van der Waals surface area contributed by atoms with E-state index in [2.05, 4.69) is 49.4 Å². The van der Waals surface area contributed by atoms with Gasteiger partial charge in [0, 0.05) is 49.0 Å². The molecule has 5 nitrogen and oxygen atoms in total. The van der Waals surface area contributed by atoms with Gasteiger partial charge in [-0.3, -0.25) is 4.79 Å². The van der Waals surface area contributed by atoms with E-state index in [0.29, 0.717) is 0 Å². The van der Waals surface area contributed by atoms with E-state index in [4.69, 9.17) is 0 Å². The van der Waals surface area contributed by atoms with E-state index in [9.17, 15) is 23.1 Å². The minimum absolute atomic E-state index is 0.000720. The molecule has 224 valence electrons. The molecule has 1 aliphatic heterocycles. The number of amides is 1. The summed E-state index contributed by atoms with van der Waals surface area (Å²) < 4.78 is 39.2. The van der Waals surface area contributed by atoms with Gasteiger partial charge < -0.3 is 20.2 Å². The van der Waals surface area contributed by atoms with E-state index >= 15 is 0 Å². The molecule has 0 aromatic rings. The predicted octanol–water partition coefficient (Wildman–Crippen LogP) is 6.95. The molecule has 1 saturated heterocycles. The van der Waals surface area contributed by atoms with Crippen LogP contribution < -0.4 is 5.32 Å². The van der Waals surface area contributed by atoms with Crippen LogP contribution in [0.5, 0.6) is 0 Å². The van der Waals surface area contributed by atoms with Crippen molar-refractivity contribution in [3.8, 4) is 0 Å². The number of rotatable bonds is 8. The van der Waals surface area contributed by atoms with E-state index in [-0.39, 0.29) is 22.9 Å². The Balaban J connectivity index is 0.00000170. The summed E-state index contributed by atoms with van der Waals surface area (Å²) in [4.78, 5) is 17.9. The van der Waals surface area contributed by atoms with Crippen LogP contribution in [-0.2, 0) is 4.79 Å². The molecule has 0 aromatic carbocycles. The van der Waals surface area contributed by atoms with Gasteiger partial charge in [0.05, 0.1) is 5.41 Å². The van der Waals surface area contributed by atoms with Crippen LogP contribution in [0.4, 0.5) is 13.2 Å². The maximum Gasteiger partial charge on any atom is 0.420 e. The molecule has 2 saturated carbocycles. The Hall–Kier alpha value is -1.96. The molecule has 3 unspecified atom stereocenters. The van der Waals surface area contributed by atoms with E-state index in [1.807, 2.05) is 6.92 Å². The number of hydrogen-bond acceptors (Lipinski definition) is 4. The highest BCUT2D eigenvalue weighted by atomic mass is 19.4. The molecule has 39 heavy (non-hydrogen) atoms. The first-order chi connectivity index (χ1) is 18.1. The molecule has 0 radical (unpaired) electrons. The van der Waals surface area contributed by atoms with Gasteiger partial charge in [-0.15, -0.1) is 0 Å². The van der Waals surface area contributed by atoms with Crippen molar-refractivity contribution >= 4 is 5.91 Å². The minimum atomic E-state index is -4.72. The van der Waals surface area contributed by atoms with Crippen LogP contribution >= 0.6 is 0 Å². The van der Waals surface area contributed by atoms with Gasteiger partial charge in [0.2, 0.25) is 5.91 Å². The highest BCUT2D eigenvalue weighted by Crippen LogP contribution is 2.47. The quantitative estimate of drug-likeness (QED) is 0.318. The Morgan fingerprint density at radius 1 is 1.03 bits per heavy atom. The van der Waals surface area contributed by atoms with Crippen molar-refractivity contribution in [1.82, 2.24) is 15.1 Å². The second-order valence-electron chi connectivity index (χ2n) is 12.2. The standard InChI is InChI=1S/C28H44F3N3O2.C3H8/c1-7-27(14-15-27)32-24(35)25(5)13-9-8-10-23(25)22(4)34-18-16-33(17-19-34)21(3)12-11-20(2)26(6,36)28(29,30)31;1-3-2/h11-12,23,36H,4,7-10,13-19H2,1-3,5-6H3,(H,32,35);3H2,1-2H3/b20-11+,21-12+;. The molecule has 1 amide bonds. The maximum atomic E-state index is 13.5. The number of carbonyl (C=O) groups excluding carboxylic acids is 1. The Morgan fingerprint density at radius 2 is 1.56 bits per heavy atom. The Morgan fingerprint density at radius 3 is 2.05 bits per heavy atom. The largest absolute Gasteiger partial charge is 0.420 e. The van der Waals surface area contributed by atoms with Gasteiger partial charge in [-0.2, -0.15) is 13.2 Å². The highest BCUT2D eigenvalue weighted by molar-refractivity contribution is 5.84. The molecular formula is C31H52F3N3O2. The van der Waals surface area contributed by atoms with Gasteiger partial charge in [0.25, 0.3) is 0 Å². The third-order valence-electron chi connectivity index (χ3n) is 9.12. The maximum absolute atomic E-state index is 13.5. The summed E-state index contributed by atoms with van der Waals surface area (Å²) in [5.74, 6) is 0.277. The van der Waals surface area contributed by atoms with Gasteiger partial charge >= 0.3 is 6.18 Å². The fraction of sp³-hybridized carbons (Fsp3) is 0.774. The van der Waals surface area contributed by atoms with Crippen molar-refractivity contribution < 1.29 is 23.1 Å². The van der Waals surface area contributed by atoms with E-state index in [0.717, 1.165) is 89.4 Å². The van der Waals surface area contributed by atoms with Crippen molar-refractivity contribution in [2.75, 3.05) is 26.2 Å². The Kier molecular flexibility index (Phi) is 11.2. The number of nitrogens with one attached hydrogen (secondary N) is 1. The average molecular weight is 556 g/mol. The molecule has 0 aromatic heterocycles. The number of piperazine rings is 1. The smallest absolute Gasteiger partial charge is 0.377 e. The number of halogens is 3. The van der Waals surface area contributed by atoms with Crippen molar-refractivity contribution in [3.63, 3.8) is 0 Å². The summed E-state index contributed by atoms with van der Waals surface area (Å²) in [6, 6.07) is 0. The molecular weight excluding hydrogens is 503 g/mol. The average Bonchev–Trinajstić information content (AvgIpc) is 3.66. The lowest BCUT2D eigenvalue weighted by Crippen LogP contribution is -2.53. The third-order valence-corrected chi connectivity index (χ3v) is 9.12. The molecule has 1 heterocycles. The van der Waals surface area contributed by atoms with Gasteiger partial charge in [-0.1, -0.05) is 59.6 Å². The van der Waals surface area contributed by atoms with Gasteiger partial charge in [-0.05, 0) is 64.5 Å². The number of carbonyl (C=O) groups is 1. The molecule has 3 rings (SSSR count). The van der Waals surface area contributed by atoms with Crippen LogP contribution in [-0.4, -0.2) is 64.3 Å². The zero-order valence-electron chi connectivity index (χ0n) is 25.3. The first-order valence-electron chi connectivity index (χ1n) is 14.7. The van der Waals surface area contributed by atoms with Crippen molar-refractivity contribution in [3.05, 3.63) is 35.7 Å². The molecule has 2 N–H and O–H groups in total. The first-order valence-corrected chi connectivity index (χ1v) is 14.7. The van der Waals surface area contributed by atoms with Crippen molar-refractivity contribution in [2.24, 2.45) is 11.3 Å². The monoisotopic (exact) mass is 555 g/mol. The summed E-state index contributed by atoms with van der Waals surface area (Å²) in [5.41, 5.74) is -1.56. The summed E-state index contributed by atoms with van der Waals surface area (Å²) >= 11 is 0. The number of aliphatic hydroxyl groups is 1. The predicted molar refractivity (Wildman–Crippen MR) is 153 cm³/mol. The van der Waals surface area contributed by atoms with E-state index < -0.39 is 17.2 Å². The van der Waals surface area contributed by atoms with Crippen LogP contribution in [0.1, 0.15) is 99.8 Å². The fourth-order valence-corrected chi connectivity index (χ4v) is 5.54. The molecule has 3 atom stereocenters. The molecule has 8 heteroatoms. The van der Waals surface area contributed by atoms with Crippen molar-refractivity contribution in [2.45, 2.75) is 117 Å². The van der Waals surface area contributed by atoms with Gasteiger partial charge in [-0.25, -0.2) is 0 Å². The molecule has 0 spiro atoms. The lowest BCUT2D eigenvalue weighted by atomic mass is 9.65. The van der Waals surface area contributed by atoms with Gasteiger partial charge in [0.1, 0.15) is 0 Å². The zero-order valence-corrected chi connectivity index (χ0v) is 25.3.